The third-order valence-electron chi connectivity index (χ3n) is 4.54. The van der Waals surface area contributed by atoms with Crippen LogP contribution < -0.4 is 10.0 Å². The van der Waals surface area contributed by atoms with Crippen LogP contribution in [0.25, 0.3) is 0 Å². The minimum Gasteiger partial charge on any atom is -0.320 e. The highest BCUT2D eigenvalue weighted by atomic mass is 32.2. The quantitative estimate of drug-likeness (QED) is 0.657. The predicted molar refractivity (Wildman–Crippen MR) is 73.9 cm³/mol. The lowest BCUT2D eigenvalue weighted by atomic mass is 9.89. The Hall–Kier alpha value is -0.130. The first kappa shape index (κ1) is 14.3. The number of nitrogens with one attached hydrogen (secondary N) is 2. The first-order chi connectivity index (χ1) is 8.61. The van der Waals surface area contributed by atoms with Crippen molar-refractivity contribution in [2.24, 2.45) is 17.8 Å². The zero-order valence-electron chi connectivity index (χ0n) is 11.3. The fourth-order valence-corrected chi connectivity index (χ4v) is 4.72. The lowest BCUT2D eigenvalue weighted by molar-refractivity contribution is 0.332. The summed E-state index contributed by atoms with van der Waals surface area (Å²) in [5, 5.41) is 3.03. The molecule has 2 aliphatic rings. The second-order valence-electron chi connectivity index (χ2n) is 5.91. The van der Waals surface area contributed by atoms with Crippen molar-refractivity contribution in [3.05, 3.63) is 0 Å². The molecule has 2 bridgehead atoms. The van der Waals surface area contributed by atoms with Crippen LogP contribution in [0.5, 0.6) is 0 Å². The first-order valence-electron chi connectivity index (χ1n) is 7.22. The van der Waals surface area contributed by atoms with Crippen LogP contribution in [0.1, 0.15) is 38.5 Å². The molecular weight excluding hydrogens is 248 g/mol. The van der Waals surface area contributed by atoms with E-state index in [1.807, 2.05) is 7.05 Å². The van der Waals surface area contributed by atoms with E-state index in [0.717, 1.165) is 31.2 Å². The van der Waals surface area contributed by atoms with Crippen LogP contribution in [0.15, 0.2) is 0 Å². The molecule has 3 atom stereocenters. The van der Waals surface area contributed by atoms with Gasteiger partial charge in [0.2, 0.25) is 10.0 Å². The molecule has 0 aromatic heterocycles. The van der Waals surface area contributed by atoms with E-state index in [1.165, 1.54) is 25.7 Å². The monoisotopic (exact) mass is 274 g/mol. The van der Waals surface area contributed by atoms with Gasteiger partial charge in [-0.15, -0.1) is 0 Å². The smallest absolute Gasteiger partial charge is 0.211 e. The molecule has 4 nitrogen and oxygen atoms in total. The molecule has 0 aliphatic heterocycles. The molecule has 2 aliphatic carbocycles. The molecule has 106 valence electrons. The second kappa shape index (κ2) is 6.35. The maximum atomic E-state index is 11.8. The minimum absolute atomic E-state index is 0.273. The Morgan fingerprint density at radius 3 is 2.61 bits per heavy atom. The Labute approximate surface area is 111 Å². The largest absolute Gasteiger partial charge is 0.320 e. The van der Waals surface area contributed by atoms with Crippen LogP contribution in [0.4, 0.5) is 0 Å². The molecule has 2 fully saturated rings. The summed E-state index contributed by atoms with van der Waals surface area (Å²) >= 11 is 0. The lowest BCUT2D eigenvalue weighted by Crippen LogP contribution is -2.33. The summed E-state index contributed by atoms with van der Waals surface area (Å²) in [6.45, 7) is 1.57. The Kier molecular flexibility index (Phi) is 5.04. The van der Waals surface area contributed by atoms with Gasteiger partial charge in [-0.3, -0.25) is 0 Å². The number of rotatable bonds is 8. The van der Waals surface area contributed by atoms with Gasteiger partial charge < -0.3 is 5.32 Å². The van der Waals surface area contributed by atoms with Crippen molar-refractivity contribution in [3.8, 4) is 0 Å². The molecule has 18 heavy (non-hydrogen) atoms. The van der Waals surface area contributed by atoms with Crippen molar-refractivity contribution in [2.75, 3.05) is 25.9 Å². The molecule has 0 aromatic carbocycles. The molecule has 0 spiro atoms. The fraction of sp³-hybridized carbons (Fsp3) is 1.00. The van der Waals surface area contributed by atoms with Crippen molar-refractivity contribution in [3.63, 3.8) is 0 Å². The number of hydrogen-bond donors (Lipinski definition) is 2. The SMILES string of the molecule is CNCCCCS(=O)(=O)NCC1CC2CCC1C2. The summed E-state index contributed by atoms with van der Waals surface area (Å²) in [5.41, 5.74) is 0. The van der Waals surface area contributed by atoms with E-state index >= 15 is 0 Å². The van der Waals surface area contributed by atoms with Gasteiger partial charge >= 0.3 is 0 Å². The van der Waals surface area contributed by atoms with Gasteiger partial charge in [0.25, 0.3) is 0 Å². The Balaban J connectivity index is 1.65. The van der Waals surface area contributed by atoms with Gasteiger partial charge in [-0.2, -0.15) is 0 Å². The fourth-order valence-electron chi connectivity index (χ4n) is 3.53. The molecule has 0 saturated heterocycles. The summed E-state index contributed by atoms with van der Waals surface area (Å²) in [6, 6.07) is 0. The molecule has 2 N–H and O–H groups in total. The maximum Gasteiger partial charge on any atom is 0.211 e. The molecule has 2 rings (SSSR count). The zero-order chi connectivity index (χ0) is 13.0. The molecule has 0 amide bonds. The predicted octanol–water partition coefficient (Wildman–Crippen LogP) is 1.34. The van der Waals surface area contributed by atoms with Gasteiger partial charge in [-0.1, -0.05) is 6.42 Å². The molecular formula is C13H26N2O2S. The van der Waals surface area contributed by atoms with Crippen LogP contribution >= 0.6 is 0 Å². The Bertz CT molecular complexity index is 356. The molecule has 3 unspecified atom stereocenters. The van der Waals surface area contributed by atoms with E-state index in [4.69, 9.17) is 0 Å². The first-order valence-corrected chi connectivity index (χ1v) is 8.88. The standard InChI is InChI=1S/C13H26N2O2S/c1-14-6-2-3-7-18(16,17)15-10-13-9-11-4-5-12(13)8-11/h11-15H,2-10H2,1H3. The van der Waals surface area contributed by atoms with E-state index in [2.05, 4.69) is 10.0 Å². The average molecular weight is 274 g/mol. The maximum absolute atomic E-state index is 11.8. The zero-order valence-corrected chi connectivity index (χ0v) is 12.1. The topological polar surface area (TPSA) is 58.2 Å². The third kappa shape index (κ3) is 3.93. The average Bonchev–Trinajstić information content (AvgIpc) is 2.94. The van der Waals surface area contributed by atoms with Gasteiger partial charge in [-0.25, -0.2) is 13.1 Å². The van der Waals surface area contributed by atoms with Crippen molar-refractivity contribution in [2.45, 2.75) is 38.5 Å². The highest BCUT2D eigenvalue weighted by molar-refractivity contribution is 7.89. The van der Waals surface area contributed by atoms with Crippen molar-refractivity contribution in [1.82, 2.24) is 10.0 Å². The Morgan fingerprint density at radius 2 is 2.00 bits per heavy atom. The van der Waals surface area contributed by atoms with Gasteiger partial charge in [-0.05, 0) is 63.5 Å². The summed E-state index contributed by atoms with van der Waals surface area (Å²) in [7, 11) is -1.15. The minimum atomic E-state index is -3.04. The van der Waals surface area contributed by atoms with E-state index in [0.29, 0.717) is 12.5 Å². The highest BCUT2D eigenvalue weighted by Gasteiger charge is 2.39. The van der Waals surface area contributed by atoms with Crippen LogP contribution in [-0.4, -0.2) is 34.3 Å². The molecule has 0 heterocycles. The van der Waals surface area contributed by atoms with Crippen LogP contribution in [0.3, 0.4) is 0 Å². The van der Waals surface area contributed by atoms with Gasteiger partial charge in [0, 0.05) is 6.54 Å². The third-order valence-corrected chi connectivity index (χ3v) is 5.97. The molecule has 0 aromatic rings. The number of fused-ring (bicyclic) bond motifs is 2. The van der Waals surface area contributed by atoms with Crippen molar-refractivity contribution in [1.29, 1.82) is 0 Å². The van der Waals surface area contributed by atoms with Crippen LogP contribution in [0, 0.1) is 17.8 Å². The van der Waals surface area contributed by atoms with E-state index < -0.39 is 10.0 Å². The van der Waals surface area contributed by atoms with Crippen LogP contribution in [0.2, 0.25) is 0 Å². The van der Waals surface area contributed by atoms with E-state index in [1.54, 1.807) is 0 Å². The summed E-state index contributed by atoms with van der Waals surface area (Å²) in [5.74, 6) is 2.56. The number of unbranched alkanes of at least 4 members (excludes halogenated alkanes) is 1. The molecule has 0 radical (unpaired) electrons. The second-order valence-corrected chi connectivity index (χ2v) is 7.84. The molecule has 5 heteroatoms. The summed E-state index contributed by atoms with van der Waals surface area (Å²) < 4.78 is 26.5. The highest BCUT2D eigenvalue weighted by Crippen LogP contribution is 2.47. The number of sulfonamides is 1. The lowest BCUT2D eigenvalue weighted by Gasteiger charge is -2.21. The Morgan fingerprint density at radius 1 is 1.17 bits per heavy atom. The normalized spacial score (nSPS) is 31.1. The van der Waals surface area contributed by atoms with Crippen LogP contribution in [-0.2, 0) is 10.0 Å². The summed E-state index contributed by atoms with van der Waals surface area (Å²) in [4.78, 5) is 0. The van der Waals surface area contributed by atoms with E-state index in [9.17, 15) is 8.42 Å². The van der Waals surface area contributed by atoms with Gasteiger partial charge in [0.1, 0.15) is 0 Å². The van der Waals surface area contributed by atoms with Crippen molar-refractivity contribution < 1.29 is 8.42 Å². The van der Waals surface area contributed by atoms with Gasteiger partial charge in [0.05, 0.1) is 5.75 Å². The molecule has 2 saturated carbocycles. The summed E-state index contributed by atoms with van der Waals surface area (Å²) in [6.07, 6.45) is 6.94. The van der Waals surface area contributed by atoms with Gasteiger partial charge in [0.15, 0.2) is 0 Å². The van der Waals surface area contributed by atoms with E-state index in [-0.39, 0.29) is 5.75 Å². The van der Waals surface area contributed by atoms with Crippen molar-refractivity contribution >= 4 is 10.0 Å². The number of hydrogen-bond acceptors (Lipinski definition) is 3.